The summed E-state index contributed by atoms with van der Waals surface area (Å²) in [4.78, 5) is 6.63. The summed E-state index contributed by atoms with van der Waals surface area (Å²) >= 11 is 0. The number of fused-ring (bicyclic) bond motifs is 1. The van der Waals surface area contributed by atoms with Crippen molar-refractivity contribution in [3.63, 3.8) is 0 Å². The second kappa shape index (κ2) is 5.52. The molecule has 0 radical (unpaired) electrons. The van der Waals surface area contributed by atoms with Crippen molar-refractivity contribution in [1.82, 2.24) is 34.3 Å². The number of anilines is 1. The van der Waals surface area contributed by atoms with Gasteiger partial charge in [-0.3, -0.25) is 0 Å². The molecule has 0 aromatic carbocycles. The van der Waals surface area contributed by atoms with Crippen LogP contribution in [0.5, 0.6) is 0 Å². The van der Waals surface area contributed by atoms with Gasteiger partial charge in [0.2, 0.25) is 0 Å². The Bertz CT molecular complexity index is 908. The number of nitrogens with one attached hydrogen (secondary N) is 1. The molecule has 1 saturated carbocycles. The molecule has 3 aromatic rings. The highest BCUT2D eigenvalue weighted by atomic mass is 15.4. The van der Waals surface area contributed by atoms with Crippen molar-refractivity contribution in [1.29, 1.82) is 0 Å². The summed E-state index contributed by atoms with van der Waals surface area (Å²) in [5.41, 5.74) is 2.07. The zero-order chi connectivity index (χ0) is 17.0. The molecule has 2 atom stereocenters. The van der Waals surface area contributed by atoms with Crippen molar-refractivity contribution >= 4 is 11.5 Å². The fourth-order valence-electron chi connectivity index (χ4n) is 3.84. The van der Waals surface area contributed by atoms with Crippen LogP contribution in [0.1, 0.15) is 36.2 Å². The van der Waals surface area contributed by atoms with Crippen LogP contribution in [0.4, 0.5) is 5.82 Å². The molecule has 4 heterocycles. The van der Waals surface area contributed by atoms with Gasteiger partial charge in [0.05, 0.1) is 6.33 Å². The largest absolute Gasteiger partial charge is 0.364 e. The van der Waals surface area contributed by atoms with Gasteiger partial charge in [0.15, 0.2) is 11.5 Å². The maximum Gasteiger partial charge on any atom is 0.178 e. The molecule has 130 valence electrons. The average Bonchev–Trinajstić information content (AvgIpc) is 3.04. The molecule has 1 N–H and O–H groups in total. The van der Waals surface area contributed by atoms with Gasteiger partial charge in [-0.2, -0.15) is 4.52 Å². The number of aromatic nitrogens is 6. The lowest BCUT2D eigenvalue weighted by molar-refractivity contribution is 0.408. The predicted molar refractivity (Wildman–Crippen MR) is 93.6 cm³/mol. The summed E-state index contributed by atoms with van der Waals surface area (Å²) in [5.74, 6) is 2.78. The van der Waals surface area contributed by atoms with Gasteiger partial charge in [-0.15, -0.1) is 15.3 Å². The molecule has 5 rings (SSSR count). The Morgan fingerprint density at radius 3 is 2.76 bits per heavy atom. The van der Waals surface area contributed by atoms with Crippen LogP contribution in [0.15, 0.2) is 24.7 Å². The van der Waals surface area contributed by atoms with Crippen LogP contribution in [0.2, 0.25) is 0 Å². The monoisotopic (exact) mass is 338 g/mol. The first kappa shape index (κ1) is 14.8. The Balaban J connectivity index is 1.44. The predicted octanol–water partition coefficient (Wildman–Crippen LogP) is 1.24. The standard InChI is InChI=1S/C17H22N8/c1-23-8-12(14-7-18-10-24(14)2)13(9-23)19-15-5-6-16-20-21-17(11-3-4-11)25(16)22-15/h5-7,10-13H,3-4,8-9H2,1-2H3,(H,19,22)/t12-,13-/m1/s1. The van der Waals surface area contributed by atoms with Gasteiger partial charge in [-0.05, 0) is 32.0 Å². The van der Waals surface area contributed by atoms with E-state index >= 15 is 0 Å². The third-order valence-electron chi connectivity index (χ3n) is 5.30. The zero-order valence-electron chi connectivity index (χ0n) is 14.5. The molecule has 0 spiro atoms. The van der Waals surface area contributed by atoms with E-state index in [4.69, 9.17) is 5.10 Å². The number of aryl methyl sites for hydroxylation is 1. The van der Waals surface area contributed by atoms with Crippen LogP contribution in [0.25, 0.3) is 5.65 Å². The smallest absolute Gasteiger partial charge is 0.178 e. The number of hydrogen-bond acceptors (Lipinski definition) is 6. The molecular formula is C17H22N8. The summed E-state index contributed by atoms with van der Waals surface area (Å²) in [6, 6.07) is 4.29. The highest BCUT2D eigenvalue weighted by Crippen LogP contribution is 2.38. The minimum Gasteiger partial charge on any atom is -0.364 e. The minimum atomic E-state index is 0.297. The molecular weight excluding hydrogens is 316 g/mol. The Morgan fingerprint density at radius 2 is 2.00 bits per heavy atom. The molecule has 0 amide bonds. The van der Waals surface area contributed by atoms with Gasteiger partial charge >= 0.3 is 0 Å². The number of likely N-dealkylation sites (tertiary alicyclic amines) is 1. The number of likely N-dealkylation sites (N-methyl/N-ethyl adjacent to an activating group) is 1. The fraction of sp³-hybridized carbons (Fsp3) is 0.529. The van der Waals surface area contributed by atoms with Gasteiger partial charge in [-0.25, -0.2) is 4.98 Å². The van der Waals surface area contributed by atoms with Crippen LogP contribution in [0, 0.1) is 0 Å². The first-order valence-electron chi connectivity index (χ1n) is 8.82. The SMILES string of the molecule is CN1C[C@@H](Nc2ccc3nnc(C4CC4)n3n2)[C@H](c2cncn2C)C1. The van der Waals surface area contributed by atoms with Gasteiger partial charge in [-0.1, -0.05) is 0 Å². The maximum atomic E-state index is 4.76. The lowest BCUT2D eigenvalue weighted by atomic mass is 10.00. The van der Waals surface area contributed by atoms with Crippen LogP contribution in [-0.2, 0) is 7.05 Å². The molecule has 1 aliphatic carbocycles. The summed E-state index contributed by atoms with van der Waals surface area (Å²) < 4.78 is 4.01. The van der Waals surface area contributed by atoms with E-state index in [-0.39, 0.29) is 0 Å². The van der Waals surface area contributed by atoms with Crippen molar-refractivity contribution in [2.24, 2.45) is 7.05 Å². The molecule has 3 aromatic heterocycles. The van der Waals surface area contributed by atoms with Crippen molar-refractivity contribution < 1.29 is 0 Å². The zero-order valence-corrected chi connectivity index (χ0v) is 14.5. The average molecular weight is 338 g/mol. The topological polar surface area (TPSA) is 76.2 Å². The first-order valence-corrected chi connectivity index (χ1v) is 8.82. The third-order valence-corrected chi connectivity index (χ3v) is 5.30. The Kier molecular flexibility index (Phi) is 3.27. The summed E-state index contributed by atoms with van der Waals surface area (Å²) in [5, 5.41) is 16.9. The molecule has 0 bridgehead atoms. The minimum absolute atomic E-state index is 0.297. The quantitative estimate of drug-likeness (QED) is 0.771. The Hall–Kier alpha value is -2.48. The number of hydrogen-bond donors (Lipinski definition) is 1. The second-order valence-electron chi connectivity index (χ2n) is 7.33. The molecule has 1 saturated heterocycles. The van der Waals surface area contributed by atoms with Crippen molar-refractivity contribution in [2.75, 3.05) is 25.5 Å². The lowest BCUT2D eigenvalue weighted by Crippen LogP contribution is -2.29. The molecule has 2 aliphatic rings. The van der Waals surface area contributed by atoms with E-state index in [1.165, 1.54) is 18.5 Å². The van der Waals surface area contributed by atoms with E-state index in [0.29, 0.717) is 17.9 Å². The number of imidazole rings is 1. The van der Waals surface area contributed by atoms with Crippen molar-refractivity contribution in [3.05, 3.63) is 36.2 Å². The van der Waals surface area contributed by atoms with E-state index in [0.717, 1.165) is 30.4 Å². The van der Waals surface area contributed by atoms with Gasteiger partial charge in [0.1, 0.15) is 5.82 Å². The van der Waals surface area contributed by atoms with Gasteiger partial charge in [0.25, 0.3) is 0 Å². The normalized spacial score (nSPS) is 24.2. The van der Waals surface area contributed by atoms with E-state index in [1.54, 1.807) is 0 Å². The highest BCUT2D eigenvalue weighted by molar-refractivity contribution is 5.45. The lowest BCUT2D eigenvalue weighted by Gasteiger charge is -2.20. The fourth-order valence-corrected chi connectivity index (χ4v) is 3.84. The molecule has 8 heteroatoms. The second-order valence-corrected chi connectivity index (χ2v) is 7.33. The van der Waals surface area contributed by atoms with Crippen LogP contribution < -0.4 is 5.32 Å². The highest BCUT2D eigenvalue weighted by Gasteiger charge is 2.34. The number of nitrogens with zero attached hydrogens (tertiary/aromatic N) is 7. The first-order chi connectivity index (χ1) is 12.2. The van der Waals surface area contributed by atoms with E-state index in [1.807, 2.05) is 29.2 Å². The summed E-state index contributed by atoms with van der Waals surface area (Å²) in [6.07, 6.45) is 6.22. The van der Waals surface area contributed by atoms with Crippen molar-refractivity contribution in [3.8, 4) is 0 Å². The molecule has 1 aliphatic heterocycles. The van der Waals surface area contributed by atoms with E-state index in [9.17, 15) is 0 Å². The Labute approximate surface area is 145 Å². The molecule has 0 unspecified atom stereocenters. The summed E-state index contributed by atoms with van der Waals surface area (Å²) in [6.45, 7) is 1.99. The van der Waals surface area contributed by atoms with E-state index < -0.39 is 0 Å². The van der Waals surface area contributed by atoms with Crippen molar-refractivity contribution in [2.45, 2.75) is 30.7 Å². The van der Waals surface area contributed by atoms with Gasteiger partial charge in [0, 0.05) is 49.9 Å². The van der Waals surface area contributed by atoms with Gasteiger partial charge < -0.3 is 14.8 Å². The maximum absolute atomic E-state index is 4.76. The molecule has 2 fully saturated rings. The van der Waals surface area contributed by atoms with Crippen LogP contribution >= 0.6 is 0 Å². The van der Waals surface area contributed by atoms with Crippen LogP contribution in [-0.4, -0.2) is 60.4 Å². The number of rotatable bonds is 4. The Morgan fingerprint density at radius 1 is 1.12 bits per heavy atom. The summed E-state index contributed by atoms with van der Waals surface area (Å²) in [7, 11) is 4.22. The third kappa shape index (κ3) is 2.57. The van der Waals surface area contributed by atoms with Crippen LogP contribution in [0.3, 0.4) is 0 Å². The molecule has 25 heavy (non-hydrogen) atoms. The van der Waals surface area contributed by atoms with E-state index in [2.05, 4.69) is 44.1 Å². The molecule has 8 nitrogen and oxygen atoms in total.